The third kappa shape index (κ3) is 4.29. The minimum atomic E-state index is -3.56. The van der Waals surface area contributed by atoms with E-state index in [2.05, 4.69) is 49.8 Å². The number of halogens is 1. The fourth-order valence-electron chi connectivity index (χ4n) is 3.64. The van der Waals surface area contributed by atoms with Crippen LogP contribution in [0, 0.1) is 0 Å². The molecule has 1 heterocycles. The van der Waals surface area contributed by atoms with Crippen LogP contribution in [0.1, 0.15) is 11.1 Å². The zero-order valence-corrected chi connectivity index (χ0v) is 17.7. The number of fused-ring (bicyclic) bond motifs is 1. The fraction of sp³-hybridized carbons (Fsp3) is 0.182. The van der Waals surface area contributed by atoms with Crippen molar-refractivity contribution in [3.05, 3.63) is 94.5 Å². The van der Waals surface area contributed by atoms with Crippen molar-refractivity contribution in [2.45, 2.75) is 23.9 Å². The molecule has 144 valence electrons. The van der Waals surface area contributed by atoms with Gasteiger partial charge in [-0.25, -0.2) is 13.1 Å². The lowest BCUT2D eigenvalue weighted by Crippen LogP contribution is -2.48. The average Bonchev–Trinajstić information content (AvgIpc) is 2.69. The first-order chi connectivity index (χ1) is 13.5. The minimum Gasteiger partial charge on any atom is -0.365 e. The van der Waals surface area contributed by atoms with E-state index < -0.39 is 10.0 Å². The second-order valence-electron chi connectivity index (χ2n) is 6.97. The molecular formula is C22H21BrN2O2S. The largest absolute Gasteiger partial charge is 0.365 e. The summed E-state index contributed by atoms with van der Waals surface area (Å²) in [6.07, 6.45) is 0.659. The van der Waals surface area contributed by atoms with Crippen LogP contribution < -0.4 is 9.62 Å². The van der Waals surface area contributed by atoms with Crippen molar-refractivity contribution in [3.8, 4) is 0 Å². The van der Waals surface area contributed by atoms with Gasteiger partial charge in [0.15, 0.2) is 0 Å². The molecular weight excluding hydrogens is 436 g/mol. The smallest absolute Gasteiger partial charge is 0.240 e. The predicted octanol–water partition coefficient (Wildman–Crippen LogP) is 4.36. The first kappa shape index (κ1) is 19.2. The number of nitrogens with zero attached hydrogens (tertiary/aromatic N) is 1. The summed E-state index contributed by atoms with van der Waals surface area (Å²) in [5.41, 5.74) is 3.49. The van der Waals surface area contributed by atoms with Crippen LogP contribution in [0.4, 0.5) is 5.69 Å². The van der Waals surface area contributed by atoms with Gasteiger partial charge in [-0.2, -0.15) is 0 Å². The van der Waals surface area contributed by atoms with Gasteiger partial charge in [0.2, 0.25) is 10.0 Å². The molecule has 0 bridgehead atoms. The van der Waals surface area contributed by atoms with Crippen molar-refractivity contribution >= 4 is 31.6 Å². The maximum atomic E-state index is 12.8. The number of sulfonamides is 1. The van der Waals surface area contributed by atoms with E-state index in [1.54, 1.807) is 24.3 Å². The maximum absolute atomic E-state index is 12.8. The molecule has 6 heteroatoms. The van der Waals surface area contributed by atoms with Crippen LogP contribution >= 0.6 is 15.9 Å². The third-order valence-corrected chi connectivity index (χ3v) is 6.91. The SMILES string of the molecule is O=S(=O)(NC1Cc2cc(Br)ccc2N(Cc2ccccc2)C1)c1ccccc1. The minimum absolute atomic E-state index is 0.198. The number of rotatable bonds is 5. The lowest BCUT2D eigenvalue weighted by Gasteiger charge is -2.36. The lowest BCUT2D eigenvalue weighted by atomic mass is 9.98. The summed E-state index contributed by atoms with van der Waals surface area (Å²) in [5.74, 6) is 0. The molecule has 3 aromatic rings. The third-order valence-electron chi connectivity index (χ3n) is 4.88. The second-order valence-corrected chi connectivity index (χ2v) is 9.60. The van der Waals surface area contributed by atoms with Crippen LogP contribution in [0.3, 0.4) is 0 Å². The van der Waals surface area contributed by atoms with Gasteiger partial charge >= 0.3 is 0 Å². The quantitative estimate of drug-likeness (QED) is 0.620. The van der Waals surface area contributed by atoms with E-state index in [4.69, 9.17) is 0 Å². The second kappa shape index (κ2) is 8.07. The fourth-order valence-corrected chi connectivity index (χ4v) is 5.30. The summed E-state index contributed by atoms with van der Waals surface area (Å²) in [4.78, 5) is 2.54. The van der Waals surface area contributed by atoms with Crippen molar-refractivity contribution in [1.29, 1.82) is 0 Å². The van der Waals surface area contributed by atoms with Gasteiger partial charge in [-0.15, -0.1) is 0 Å². The van der Waals surface area contributed by atoms with Crippen LogP contribution in [0.2, 0.25) is 0 Å². The summed E-state index contributed by atoms with van der Waals surface area (Å²) in [6, 6.07) is 24.8. The van der Waals surface area contributed by atoms with Gasteiger partial charge in [-0.3, -0.25) is 0 Å². The van der Waals surface area contributed by atoms with Gasteiger partial charge in [0, 0.05) is 29.3 Å². The average molecular weight is 457 g/mol. The number of hydrogen-bond acceptors (Lipinski definition) is 3. The summed E-state index contributed by atoms with van der Waals surface area (Å²) in [6.45, 7) is 1.36. The van der Waals surface area contributed by atoms with Gasteiger partial charge in [0.05, 0.1) is 4.90 Å². The molecule has 3 aromatic carbocycles. The van der Waals surface area contributed by atoms with E-state index in [0.29, 0.717) is 17.9 Å². The van der Waals surface area contributed by atoms with Crippen LogP contribution in [-0.4, -0.2) is 21.0 Å². The Kier molecular flexibility index (Phi) is 5.53. The summed E-state index contributed by atoms with van der Waals surface area (Å²) < 4.78 is 29.5. The van der Waals surface area contributed by atoms with E-state index in [0.717, 1.165) is 22.3 Å². The molecule has 1 aliphatic heterocycles. The van der Waals surface area contributed by atoms with Crippen LogP contribution in [0.5, 0.6) is 0 Å². The molecule has 0 spiro atoms. The summed E-state index contributed by atoms with van der Waals surface area (Å²) in [5, 5.41) is 0. The lowest BCUT2D eigenvalue weighted by molar-refractivity contribution is 0.524. The van der Waals surface area contributed by atoms with Gasteiger partial charge in [-0.05, 0) is 47.9 Å². The molecule has 1 N–H and O–H groups in total. The molecule has 4 nitrogen and oxygen atoms in total. The first-order valence-corrected chi connectivity index (χ1v) is 11.4. The van der Waals surface area contributed by atoms with E-state index >= 15 is 0 Å². The Balaban J connectivity index is 1.62. The molecule has 1 atom stereocenters. The number of hydrogen-bond donors (Lipinski definition) is 1. The number of anilines is 1. The van der Waals surface area contributed by atoms with Gasteiger partial charge in [0.25, 0.3) is 0 Å². The monoisotopic (exact) mass is 456 g/mol. The van der Waals surface area contributed by atoms with Gasteiger partial charge in [0.1, 0.15) is 0 Å². The molecule has 1 aliphatic rings. The highest BCUT2D eigenvalue weighted by atomic mass is 79.9. The molecule has 0 amide bonds. The van der Waals surface area contributed by atoms with E-state index in [9.17, 15) is 8.42 Å². The van der Waals surface area contributed by atoms with Gasteiger partial charge in [-0.1, -0.05) is 64.5 Å². The Morgan fingerprint density at radius 2 is 1.64 bits per heavy atom. The highest BCUT2D eigenvalue weighted by molar-refractivity contribution is 9.10. The molecule has 1 unspecified atom stereocenters. The zero-order valence-electron chi connectivity index (χ0n) is 15.3. The number of benzene rings is 3. The maximum Gasteiger partial charge on any atom is 0.240 e. The highest BCUT2D eigenvalue weighted by Gasteiger charge is 2.28. The van der Waals surface area contributed by atoms with Gasteiger partial charge < -0.3 is 4.90 Å². The Labute approximate surface area is 174 Å². The van der Waals surface area contributed by atoms with Crippen LogP contribution in [0.15, 0.2) is 88.2 Å². The molecule has 0 saturated carbocycles. The zero-order chi connectivity index (χ0) is 19.6. The van der Waals surface area contributed by atoms with Crippen molar-refractivity contribution < 1.29 is 8.42 Å². The molecule has 28 heavy (non-hydrogen) atoms. The number of nitrogens with one attached hydrogen (secondary N) is 1. The summed E-state index contributed by atoms with van der Waals surface area (Å²) >= 11 is 3.54. The Bertz CT molecular complexity index is 1060. The standard InChI is InChI=1S/C22H21BrN2O2S/c23-19-11-12-22-18(13-19)14-20(16-25(22)15-17-7-3-1-4-8-17)24-28(26,27)21-9-5-2-6-10-21/h1-13,20,24H,14-16H2. The molecule has 0 fully saturated rings. The normalized spacial score (nSPS) is 16.6. The predicted molar refractivity (Wildman–Crippen MR) is 116 cm³/mol. The molecule has 0 aliphatic carbocycles. The molecule has 0 aromatic heterocycles. The van der Waals surface area contributed by atoms with Crippen LogP contribution in [0.25, 0.3) is 0 Å². The Morgan fingerprint density at radius 3 is 2.36 bits per heavy atom. The molecule has 0 radical (unpaired) electrons. The van der Waals surface area contributed by atoms with Crippen molar-refractivity contribution in [2.75, 3.05) is 11.4 Å². The van der Waals surface area contributed by atoms with Crippen LogP contribution in [-0.2, 0) is 23.0 Å². The molecule has 4 rings (SSSR count). The Morgan fingerprint density at radius 1 is 0.964 bits per heavy atom. The highest BCUT2D eigenvalue weighted by Crippen LogP contribution is 2.31. The molecule has 0 saturated heterocycles. The first-order valence-electron chi connectivity index (χ1n) is 9.16. The summed E-state index contributed by atoms with van der Waals surface area (Å²) in [7, 11) is -3.56. The van der Waals surface area contributed by atoms with Crippen molar-refractivity contribution in [1.82, 2.24) is 4.72 Å². The van der Waals surface area contributed by atoms with E-state index in [1.807, 2.05) is 30.3 Å². The van der Waals surface area contributed by atoms with E-state index in [1.165, 1.54) is 5.56 Å². The van der Waals surface area contributed by atoms with E-state index in [-0.39, 0.29) is 6.04 Å². The van der Waals surface area contributed by atoms with Crippen molar-refractivity contribution in [3.63, 3.8) is 0 Å². The Hall–Kier alpha value is -2.15. The topological polar surface area (TPSA) is 49.4 Å². The van der Waals surface area contributed by atoms with Crippen molar-refractivity contribution in [2.24, 2.45) is 0 Å².